The number of hydrazone groups is 1. The molecule has 6 nitrogen and oxygen atoms in total. The lowest BCUT2D eigenvalue weighted by molar-refractivity contribution is -0.136. The molecule has 2 heterocycles. The summed E-state index contributed by atoms with van der Waals surface area (Å²) in [7, 11) is 0. The summed E-state index contributed by atoms with van der Waals surface area (Å²) >= 11 is 0. The van der Waals surface area contributed by atoms with Crippen LogP contribution < -0.4 is 10.3 Å². The number of nitrogens with zero attached hydrogens (tertiary/aromatic N) is 3. The Bertz CT molecular complexity index is 1410. The molecule has 3 aromatic carbocycles. The highest BCUT2D eigenvalue weighted by Gasteiger charge is 2.40. The van der Waals surface area contributed by atoms with Gasteiger partial charge in [-0.1, -0.05) is 77.9 Å². The normalized spacial score (nSPS) is 14.3. The minimum Gasteiger partial charge on any atom is -0.372 e. The largest absolute Gasteiger partial charge is 0.372 e. The van der Waals surface area contributed by atoms with Crippen molar-refractivity contribution in [3.8, 4) is 0 Å². The lowest BCUT2D eigenvalue weighted by Gasteiger charge is -2.29. The zero-order valence-corrected chi connectivity index (χ0v) is 21.3. The van der Waals surface area contributed by atoms with Gasteiger partial charge in [0.2, 0.25) is 0 Å². The van der Waals surface area contributed by atoms with Gasteiger partial charge in [-0.2, -0.15) is 5.10 Å². The number of amides is 1. The number of nitrogens with one attached hydrogen (secondary N) is 1. The predicted octanol–water partition coefficient (Wildman–Crippen LogP) is 5.23. The van der Waals surface area contributed by atoms with E-state index in [0.717, 1.165) is 59.3 Å². The molecule has 0 unspecified atom stereocenters. The molecule has 0 radical (unpaired) electrons. The van der Waals surface area contributed by atoms with Gasteiger partial charge in [-0.25, -0.2) is 10.4 Å². The summed E-state index contributed by atoms with van der Waals surface area (Å²) in [6.07, 6.45) is 5.11. The monoisotopic (exact) mass is 492 g/mol. The predicted molar refractivity (Wildman–Crippen MR) is 149 cm³/mol. The topological polar surface area (TPSA) is 77.8 Å². The second kappa shape index (κ2) is 10.5. The zero-order valence-electron chi connectivity index (χ0n) is 21.3. The zero-order chi connectivity index (χ0) is 25.8. The molecule has 1 saturated heterocycles. The number of aromatic nitrogens is 1. The molecule has 0 atom stereocenters. The fourth-order valence-corrected chi connectivity index (χ4v) is 4.99. The molecular weight excluding hydrogens is 460 g/mol. The number of rotatable bonds is 6. The molecule has 1 fully saturated rings. The molecule has 0 aliphatic carbocycles. The fourth-order valence-electron chi connectivity index (χ4n) is 4.99. The summed E-state index contributed by atoms with van der Waals surface area (Å²) < 4.78 is 0. The van der Waals surface area contributed by atoms with Crippen molar-refractivity contribution < 1.29 is 9.90 Å². The summed E-state index contributed by atoms with van der Waals surface area (Å²) in [6, 6.07) is 24.8. The van der Waals surface area contributed by atoms with E-state index >= 15 is 0 Å². The first-order chi connectivity index (χ1) is 17.9. The molecular formula is C31H32N4O2. The van der Waals surface area contributed by atoms with Crippen molar-refractivity contribution >= 4 is 28.8 Å². The maximum absolute atomic E-state index is 13.6. The standard InChI is InChI=1S/C31H32N4O2/c1-22-10-8-13-26(18-22)31(37,27-14-9-11-23(2)19-27)30(36)34-32-21-25-20-24-12-4-5-15-28(24)33-29(25)35-16-6-3-7-17-35/h4-5,8-15,18-21,37H,3,6-7,16-17H2,1-2H3,(H,34,36)/b32-21-. The van der Waals surface area contributed by atoms with Crippen LogP contribution in [-0.2, 0) is 10.4 Å². The van der Waals surface area contributed by atoms with Crippen LogP contribution in [0.25, 0.3) is 10.9 Å². The van der Waals surface area contributed by atoms with Crippen LogP contribution in [-0.4, -0.2) is 35.3 Å². The van der Waals surface area contributed by atoms with E-state index in [9.17, 15) is 9.90 Å². The van der Waals surface area contributed by atoms with Gasteiger partial charge in [0.15, 0.2) is 5.60 Å². The molecule has 0 spiro atoms. The van der Waals surface area contributed by atoms with Crippen molar-refractivity contribution in [1.82, 2.24) is 10.4 Å². The van der Waals surface area contributed by atoms with Crippen LogP contribution in [0.3, 0.4) is 0 Å². The highest BCUT2D eigenvalue weighted by molar-refractivity contribution is 5.95. The van der Waals surface area contributed by atoms with Crippen molar-refractivity contribution in [2.45, 2.75) is 38.7 Å². The Hall–Kier alpha value is -4.03. The Kier molecular flexibility index (Phi) is 7.01. The molecule has 4 aromatic rings. The molecule has 188 valence electrons. The average molecular weight is 493 g/mol. The van der Waals surface area contributed by atoms with Gasteiger partial charge >= 0.3 is 0 Å². The fraction of sp³-hybridized carbons (Fsp3) is 0.258. The number of carbonyl (C=O) groups excluding carboxylic acids is 1. The van der Waals surface area contributed by atoms with Crippen molar-refractivity contribution in [3.63, 3.8) is 0 Å². The lowest BCUT2D eigenvalue weighted by Crippen LogP contribution is -2.43. The summed E-state index contributed by atoms with van der Waals surface area (Å²) in [5, 5.41) is 17.2. The summed E-state index contributed by atoms with van der Waals surface area (Å²) in [5.74, 6) is 0.247. The van der Waals surface area contributed by atoms with E-state index in [1.807, 2.05) is 74.5 Å². The Morgan fingerprint density at radius 2 is 1.57 bits per heavy atom. The molecule has 2 N–H and O–H groups in total. The van der Waals surface area contributed by atoms with E-state index in [-0.39, 0.29) is 0 Å². The quantitative estimate of drug-likeness (QED) is 0.285. The van der Waals surface area contributed by atoms with Crippen LogP contribution in [0.2, 0.25) is 0 Å². The second-order valence-electron chi connectivity index (χ2n) is 9.79. The maximum atomic E-state index is 13.6. The van der Waals surface area contributed by atoms with Gasteiger partial charge in [-0.15, -0.1) is 0 Å². The molecule has 1 amide bonds. The van der Waals surface area contributed by atoms with E-state index in [0.29, 0.717) is 11.1 Å². The SMILES string of the molecule is Cc1cccc(C(O)(C(=O)N/N=C\c2cc3ccccc3nc2N2CCCCC2)c2cccc(C)c2)c1. The highest BCUT2D eigenvalue weighted by Crippen LogP contribution is 2.31. The van der Waals surface area contributed by atoms with Crippen molar-refractivity contribution in [1.29, 1.82) is 0 Å². The number of piperidine rings is 1. The third-order valence-electron chi connectivity index (χ3n) is 6.96. The van der Waals surface area contributed by atoms with Gasteiger partial charge in [0, 0.05) is 24.0 Å². The van der Waals surface area contributed by atoms with Gasteiger partial charge < -0.3 is 10.0 Å². The Morgan fingerprint density at radius 3 is 2.22 bits per heavy atom. The van der Waals surface area contributed by atoms with Crippen LogP contribution in [0, 0.1) is 13.8 Å². The first-order valence-corrected chi connectivity index (χ1v) is 12.8. The number of aliphatic hydroxyl groups is 1. The van der Waals surface area contributed by atoms with Gasteiger partial charge in [-0.3, -0.25) is 4.79 Å². The van der Waals surface area contributed by atoms with Crippen molar-refractivity contribution in [2.24, 2.45) is 5.10 Å². The van der Waals surface area contributed by atoms with Crippen LogP contribution >= 0.6 is 0 Å². The molecule has 37 heavy (non-hydrogen) atoms. The number of fused-ring (bicyclic) bond motifs is 1. The van der Waals surface area contributed by atoms with Gasteiger partial charge in [-0.05, 0) is 56.4 Å². The van der Waals surface area contributed by atoms with Crippen molar-refractivity contribution in [3.05, 3.63) is 107 Å². The number of carbonyl (C=O) groups is 1. The van der Waals surface area contributed by atoms with E-state index in [1.54, 1.807) is 18.3 Å². The lowest BCUT2D eigenvalue weighted by atomic mass is 9.84. The number of aryl methyl sites for hydroxylation is 2. The number of anilines is 1. The molecule has 1 aliphatic rings. The second-order valence-corrected chi connectivity index (χ2v) is 9.79. The maximum Gasteiger partial charge on any atom is 0.281 e. The van der Waals surface area contributed by atoms with E-state index in [2.05, 4.69) is 21.5 Å². The van der Waals surface area contributed by atoms with Gasteiger partial charge in [0.05, 0.1) is 11.7 Å². The summed E-state index contributed by atoms with van der Waals surface area (Å²) in [4.78, 5) is 20.8. The van der Waals surface area contributed by atoms with Crippen LogP contribution in [0.4, 0.5) is 5.82 Å². The Balaban J connectivity index is 1.49. The number of pyridine rings is 1. The molecule has 6 heteroatoms. The molecule has 1 aliphatic heterocycles. The number of benzene rings is 3. The Labute approximate surface area is 217 Å². The Morgan fingerprint density at radius 1 is 0.919 bits per heavy atom. The smallest absolute Gasteiger partial charge is 0.281 e. The highest BCUT2D eigenvalue weighted by atomic mass is 16.3. The first-order valence-electron chi connectivity index (χ1n) is 12.8. The summed E-state index contributed by atoms with van der Waals surface area (Å²) in [6.45, 7) is 5.76. The van der Waals surface area contributed by atoms with Crippen LogP contribution in [0.1, 0.15) is 47.1 Å². The van der Waals surface area contributed by atoms with E-state index < -0.39 is 11.5 Å². The third kappa shape index (κ3) is 5.11. The minimum atomic E-state index is -1.90. The van der Waals surface area contributed by atoms with Gasteiger partial charge in [0.1, 0.15) is 5.82 Å². The number of hydrogen-bond donors (Lipinski definition) is 2. The van der Waals surface area contributed by atoms with E-state index in [4.69, 9.17) is 4.98 Å². The van der Waals surface area contributed by atoms with Crippen molar-refractivity contribution in [2.75, 3.05) is 18.0 Å². The van der Waals surface area contributed by atoms with Gasteiger partial charge in [0.25, 0.3) is 5.91 Å². The minimum absolute atomic E-state index is 0.493. The van der Waals surface area contributed by atoms with Crippen LogP contribution in [0.15, 0.2) is 84.0 Å². The van der Waals surface area contributed by atoms with Crippen LogP contribution in [0.5, 0.6) is 0 Å². The molecule has 1 aromatic heterocycles. The molecule has 0 saturated carbocycles. The summed E-state index contributed by atoms with van der Waals surface area (Å²) in [5.41, 5.74) is 5.37. The molecule has 5 rings (SSSR count). The number of para-hydroxylation sites is 1. The number of hydrogen-bond acceptors (Lipinski definition) is 5. The first kappa shape index (κ1) is 24.7. The molecule has 0 bridgehead atoms. The average Bonchev–Trinajstić information content (AvgIpc) is 2.92. The third-order valence-corrected chi connectivity index (χ3v) is 6.96. The van der Waals surface area contributed by atoms with E-state index in [1.165, 1.54) is 6.42 Å².